The van der Waals surface area contributed by atoms with Crippen molar-refractivity contribution >= 4 is 22.7 Å². The van der Waals surface area contributed by atoms with Crippen molar-refractivity contribution in [1.82, 2.24) is 0 Å². The quantitative estimate of drug-likeness (QED) is 0.794. The van der Waals surface area contributed by atoms with E-state index in [9.17, 15) is 4.39 Å². The Hall–Kier alpha value is -1.75. The number of nitrogen functional groups attached to an aromatic ring is 1. The predicted molar refractivity (Wildman–Crippen MR) is 83.1 cm³/mol. The number of thiophene rings is 1. The van der Waals surface area contributed by atoms with Crippen molar-refractivity contribution in [2.24, 2.45) is 0 Å². The van der Waals surface area contributed by atoms with Gasteiger partial charge in [-0.05, 0) is 25.3 Å². The first-order valence-electron chi connectivity index (χ1n) is 6.61. The Morgan fingerprint density at radius 3 is 2.90 bits per heavy atom. The van der Waals surface area contributed by atoms with Gasteiger partial charge in [0.05, 0.1) is 18.0 Å². The van der Waals surface area contributed by atoms with Gasteiger partial charge >= 0.3 is 0 Å². The van der Waals surface area contributed by atoms with E-state index in [-0.39, 0.29) is 11.8 Å². The van der Waals surface area contributed by atoms with Crippen LogP contribution in [0.5, 0.6) is 5.75 Å². The number of hydrogen-bond acceptors (Lipinski definition) is 4. The van der Waals surface area contributed by atoms with Crippen molar-refractivity contribution in [1.29, 1.82) is 0 Å². The lowest BCUT2D eigenvalue weighted by Gasteiger charge is -2.17. The van der Waals surface area contributed by atoms with Gasteiger partial charge in [-0.2, -0.15) is 0 Å². The molecule has 3 nitrogen and oxygen atoms in total. The number of rotatable bonds is 6. The van der Waals surface area contributed by atoms with Crippen LogP contribution < -0.4 is 15.8 Å². The smallest absolute Gasteiger partial charge is 0.167 e. The molecule has 0 spiro atoms. The van der Waals surface area contributed by atoms with Crippen LogP contribution in [0.3, 0.4) is 0 Å². The molecular formula is C15H19FN2OS. The Morgan fingerprint density at radius 1 is 1.45 bits per heavy atom. The van der Waals surface area contributed by atoms with Crippen LogP contribution in [-0.4, -0.2) is 12.6 Å². The summed E-state index contributed by atoms with van der Waals surface area (Å²) in [6.45, 7) is 4.32. The molecule has 0 saturated heterocycles. The molecule has 108 valence electrons. The van der Waals surface area contributed by atoms with Gasteiger partial charge in [-0.15, -0.1) is 11.3 Å². The summed E-state index contributed by atoms with van der Waals surface area (Å²) in [4.78, 5) is 1.30. The molecule has 1 aromatic heterocycles. The summed E-state index contributed by atoms with van der Waals surface area (Å²) in [6.07, 6.45) is 0.901. The Morgan fingerprint density at radius 2 is 2.25 bits per heavy atom. The molecule has 5 heteroatoms. The number of nitrogens with one attached hydrogen (secondary N) is 1. The zero-order chi connectivity index (χ0) is 14.5. The van der Waals surface area contributed by atoms with E-state index >= 15 is 0 Å². The molecule has 2 aromatic rings. The summed E-state index contributed by atoms with van der Waals surface area (Å²) >= 11 is 1.72. The number of hydrogen-bond donors (Lipinski definition) is 2. The van der Waals surface area contributed by atoms with Crippen LogP contribution in [0.2, 0.25) is 0 Å². The van der Waals surface area contributed by atoms with E-state index in [0.717, 1.165) is 6.42 Å². The molecule has 0 fully saturated rings. The highest BCUT2D eigenvalue weighted by molar-refractivity contribution is 7.09. The molecule has 0 amide bonds. The third-order valence-electron chi connectivity index (χ3n) is 2.89. The number of anilines is 2. The van der Waals surface area contributed by atoms with E-state index in [0.29, 0.717) is 18.0 Å². The van der Waals surface area contributed by atoms with Gasteiger partial charge in [0.1, 0.15) is 0 Å². The SMILES string of the molecule is CCOc1cc(NC(C)Cc2cccs2)c(N)cc1F. The molecule has 0 aliphatic heterocycles. The van der Waals surface area contributed by atoms with Gasteiger partial charge in [-0.25, -0.2) is 4.39 Å². The van der Waals surface area contributed by atoms with Crippen LogP contribution in [0.4, 0.5) is 15.8 Å². The Bertz CT molecular complexity index is 557. The second-order valence-electron chi connectivity index (χ2n) is 4.63. The zero-order valence-corrected chi connectivity index (χ0v) is 12.5. The summed E-state index contributed by atoms with van der Waals surface area (Å²) in [6, 6.07) is 7.26. The van der Waals surface area contributed by atoms with E-state index in [4.69, 9.17) is 10.5 Å². The second kappa shape index (κ2) is 6.61. The van der Waals surface area contributed by atoms with Crippen molar-refractivity contribution in [3.63, 3.8) is 0 Å². The van der Waals surface area contributed by atoms with Crippen LogP contribution in [-0.2, 0) is 6.42 Å². The minimum Gasteiger partial charge on any atom is -0.491 e. The minimum atomic E-state index is -0.430. The van der Waals surface area contributed by atoms with E-state index in [2.05, 4.69) is 23.7 Å². The highest BCUT2D eigenvalue weighted by Gasteiger charge is 2.11. The number of nitrogens with two attached hydrogens (primary N) is 1. The minimum absolute atomic E-state index is 0.205. The van der Waals surface area contributed by atoms with E-state index in [1.54, 1.807) is 17.4 Å². The van der Waals surface area contributed by atoms with Crippen LogP contribution in [0, 0.1) is 5.82 Å². The summed E-state index contributed by atoms with van der Waals surface area (Å²) in [5.74, 6) is -0.201. The van der Waals surface area contributed by atoms with Crippen molar-refractivity contribution in [2.45, 2.75) is 26.3 Å². The normalized spacial score (nSPS) is 12.2. The lowest BCUT2D eigenvalue weighted by Crippen LogP contribution is -2.18. The highest BCUT2D eigenvalue weighted by Crippen LogP contribution is 2.29. The largest absolute Gasteiger partial charge is 0.491 e. The summed E-state index contributed by atoms with van der Waals surface area (Å²) in [5, 5.41) is 5.37. The van der Waals surface area contributed by atoms with Crippen molar-refractivity contribution in [3.8, 4) is 5.75 Å². The first kappa shape index (κ1) is 14.7. The lowest BCUT2D eigenvalue weighted by molar-refractivity contribution is 0.322. The molecule has 20 heavy (non-hydrogen) atoms. The van der Waals surface area contributed by atoms with Gasteiger partial charge in [-0.3, -0.25) is 0 Å². The number of benzene rings is 1. The van der Waals surface area contributed by atoms with Gasteiger partial charge in [0.15, 0.2) is 11.6 Å². The van der Waals surface area contributed by atoms with Crippen LogP contribution in [0.1, 0.15) is 18.7 Å². The van der Waals surface area contributed by atoms with Crippen molar-refractivity contribution in [2.75, 3.05) is 17.7 Å². The maximum Gasteiger partial charge on any atom is 0.167 e. The van der Waals surface area contributed by atoms with Crippen LogP contribution >= 0.6 is 11.3 Å². The second-order valence-corrected chi connectivity index (χ2v) is 5.66. The number of ether oxygens (including phenoxy) is 1. The predicted octanol–water partition coefficient (Wildman–Crippen LogP) is 3.91. The fraction of sp³-hybridized carbons (Fsp3) is 0.333. The van der Waals surface area contributed by atoms with Gasteiger partial charge in [0.25, 0.3) is 0 Å². The molecule has 2 rings (SSSR count). The first-order valence-corrected chi connectivity index (χ1v) is 7.48. The average Bonchev–Trinajstić information content (AvgIpc) is 2.88. The molecule has 0 saturated carbocycles. The maximum absolute atomic E-state index is 13.6. The third-order valence-corrected chi connectivity index (χ3v) is 3.79. The molecule has 3 N–H and O–H groups in total. The Kier molecular flexibility index (Phi) is 4.84. The standard InChI is InChI=1S/C15H19FN2OS/c1-3-19-15-9-14(13(17)8-12(15)16)18-10(2)7-11-5-4-6-20-11/h4-6,8-10,18H,3,7,17H2,1-2H3. The Balaban J connectivity index is 2.09. The molecule has 1 aromatic carbocycles. The van der Waals surface area contributed by atoms with Crippen LogP contribution in [0.15, 0.2) is 29.6 Å². The van der Waals surface area contributed by atoms with Gasteiger partial charge in [0.2, 0.25) is 0 Å². The molecule has 0 aliphatic rings. The molecular weight excluding hydrogens is 275 g/mol. The molecule has 0 aliphatic carbocycles. The average molecular weight is 294 g/mol. The zero-order valence-electron chi connectivity index (χ0n) is 11.7. The van der Waals surface area contributed by atoms with Gasteiger partial charge in [0, 0.05) is 29.5 Å². The fourth-order valence-corrected chi connectivity index (χ4v) is 2.84. The monoisotopic (exact) mass is 294 g/mol. The maximum atomic E-state index is 13.6. The van der Waals surface area contributed by atoms with E-state index < -0.39 is 5.82 Å². The van der Waals surface area contributed by atoms with E-state index in [1.807, 2.05) is 13.0 Å². The van der Waals surface area contributed by atoms with Gasteiger partial charge < -0.3 is 15.8 Å². The summed E-state index contributed by atoms with van der Waals surface area (Å²) < 4.78 is 18.9. The van der Waals surface area contributed by atoms with Crippen LogP contribution in [0.25, 0.3) is 0 Å². The third kappa shape index (κ3) is 3.63. The molecule has 1 unspecified atom stereocenters. The van der Waals surface area contributed by atoms with Crippen molar-refractivity contribution < 1.29 is 9.13 Å². The molecule has 0 bridgehead atoms. The van der Waals surface area contributed by atoms with E-state index in [1.165, 1.54) is 10.9 Å². The number of halogens is 1. The topological polar surface area (TPSA) is 47.3 Å². The first-order chi connectivity index (χ1) is 9.60. The summed E-state index contributed by atoms with van der Waals surface area (Å²) in [7, 11) is 0. The molecule has 1 atom stereocenters. The molecule has 0 radical (unpaired) electrons. The fourth-order valence-electron chi connectivity index (χ4n) is 2.01. The Labute approximate surface area is 122 Å². The lowest BCUT2D eigenvalue weighted by atomic mass is 10.1. The summed E-state index contributed by atoms with van der Waals surface area (Å²) in [5.41, 5.74) is 6.95. The highest BCUT2D eigenvalue weighted by atomic mass is 32.1. The molecule has 1 heterocycles. The van der Waals surface area contributed by atoms with Gasteiger partial charge in [-0.1, -0.05) is 6.07 Å². The van der Waals surface area contributed by atoms with Crippen molar-refractivity contribution in [3.05, 3.63) is 40.3 Å².